The third-order valence-corrected chi connectivity index (χ3v) is 5.66. The normalized spacial score (nSPS) is 22.0. The molecule has 26 heavy (non-hydrogen) atoms. The van der Waals surface area contributed by atoms with Gasteiger partial charge in [0.1, 0.15) is 12.2 Å². The van der Waals surface area contributed by atoms with Gasteiger partial charge in [-0.15, -0.1) is 11.3 Å². The highest BCUT2D eigenvalue weighted by Gasteiger charge is 2.35. The van der Waals surface area contributed by atoms with Crippen molar-refractivity contribution < 1.29 is 9.18 Å². The molecule has 3 atom stereocenters. The fraction of sp³-hybridized carbons (Fsp3) is 0.474. The number of carbonyl (C=O) groups is 1. The number of hydrogen-bond acceptors (Lipinski definition) is 5. The Morgan fingerprint density at radius 3 is 2.81 bits per heavy atom. The lowest BCUT2D eigenvalue weighted by Crippen LogP contribution is -2.43. The van der Waals surface area contributed by atoms with Gasteiger partial charge in [-0.3, -0.25) is 14.6 Å². The van der Waals surface area contributed by atoms with Gasteiger partial charge < -0.3 is 5.73 Å². The molecule has 7 heteroatoms. The summed E-state index contributed by atoms with van der Waals surface area (Å²) in [5.74, 6) is -0.393. The number of thiazole rings is 1. The fourth-order valence-corrected chi connectivity index (χ4v) is 4.31. The molecule has 0 saturated carbocycles. The second-order valence-corrected chi connectivity index (χ2v) is 7.99. The average Bonchev–Trinajstić information content (AvgIpc) is 3.14. The van der Waals surface area contributed by atoms with Crippen LogP contribution in [0.1, 0.15) is 28.7 Å². The Kier molecular flexibility index (Phi) is 6.01. The van der Waals surface area contributed by atoms with Crippen LogP contribution in [-0.4, -0.2) is 53.0 Å². The van der Waals surface area contributed by atoms with Crippen LogP contribution in [-0.2, 0) is 11.3 Å². The first-order valence-corrected chi connectivity index (χ1v) is 9.65. The number of nitrogens with zero attached hydrogens (tertiary/aromatic N) is 3. The largest absolute Gasteiger partial charge is 0.368 e. The van der Waals surface area contributed by atoms with Crippen LogP contribution >= 0.6 is 11.3 Å². The van der Waals surface area contributed by atoms with Crippen molar-refractivity contribution in [3.63, 3.8) is 0 Å². The molecule has 2 heterocycles. The molecule has 2 aromatic rings. The minimum atomic E-state index is -0.850. The van der Waals surface area contributed by atoms with Crippen molar-refractivity contribution in [3.8, 4) is 0 Å². The summed E-state index contributed by atoms with van der Waals surface area (Å²) in [6, 6.07) is 9.00. The Hall–Kier alpha value is -1.83. The Morgan fingerprint density at radius 2 is 2.19 bits per heavy atom. The van der Waals surface area contributed by atoms with E-state index in [0.29, 0.717) is 26.1 Å². The maximum absolute atomic E-state index is 14.1. The van der Waals surface area contributed by atoms with Gasteiger partial charge in [0.15, 0.2) is 0 Å². The van der Waals surface area contributed by atoms with Crippen molar-refractivity contribution in [1.29, 1.82) is 0 Å². The summed E-state index contributed by atoms with van der Waals surface area (Å²) in [4.78, 5) is 20.6. The first kappa shape index (κ1) is 18.9. The maximum Gasteiger partial charge on any atom is 0.239 e. The molecular weight excluding hydrogens is 351 g/mol. The molecule has 1 aromatic carbocycles. The molecule has 140 valence electrons. The molecule has 5 nitrogen and oxygen atoms in total. The topological polar surface area (TPSA) is 62.5 Å². The van der Waals surface area contributed by atoms with Gasteiger partial charge in [0.05, 0.1) is 10.7 Å². The monoisotopic (exact) mass is 376 g/mol. The quantitative estimate of drug-likeness (QED) is 0.807. The first-order valence-electron chi connectivity index (χ1n) is 8.77. The van der Waals surface area contributed by atoms with Gasteiger partial charge in [-0.2, -0.15) is 0 Å². The molecule has 1 amide bonds. The Balaban J connectivity index is 1.71. The molecule has 2 N–H and O–H groups in total. The Bertz CT molecular complexity index is 738. The summed E-state index contributed by atoms with van der Waals surface area (Å²) in [5.41, 5.74) is 7.49. The van der Waals surface area contributed by atoms with Crippen LogP contribution in [0.3, 0.4) is 0 Å². The maximum atomic E-state index is 14.1. The van der Waals surface area contributed by atoms with E-state index in [1.54, 1.807) is 11.3 Å². The molecule has 1 saturated heterocycles. The molecular formula is C19H25FN4OS. The van der Waals surface area contributed by atoms with Crippen molar-refractivity contribution in [2.24, 2.45) is 5.73 Å². The number of nitrogens with two attached hydrogens (primary N) is 1. The summed E-state index contributed by atoms with van der Waals surface area (Å²) in [5, 5.41) is 3.04. The summed E-state index contributed by atoms with van der Waals surface area (Å²) in [6.45, 7) is 3.59. The number of primary amides is 1. The Morgan fingerprint density at radius 1 is 1.46 bits per heavy atom. The van der Waals surface area contributed by atoms with E-state index in [0.717, 1.165) is 16.3 Å². The lowest BCUT2D eigenvalue weighted by molar-refractivity contribution is -0.123. The summed E-state index contributed by atoms with van der Waals surface area (Å²) in [7, 11) is 1.87. The van der Waals surface area contributed by atoms with Gasteiger partial charge >= 0.3 is 0 Å². The van der Waals surface area contributed by atoms with E-state index in [9.17, 15) is 9.18 Å². The smallest absolute Gasteiger partial charge is 0.239 e. The number of amides is 1. The highest BCUT2D eigenvalue weighted by molar-refractivity contribution is 7.09. The van der Waals surface area contributed by atoms with Crippen LogP contribution in [0.15, 0.2) is 35.7 Å². The predicted octanol–water partition coefficient (Wildman–Crippen LogP) is 2.52. The predicted molar refractivity (Wildman–Crippen MR) is 102 cm³/mol. The molecule has 0 unspecified atom stereocenters. The minimum absolute atomic E-state index is 0.0302. The molecule has 0 aliphatic carbocycles. The van der Waals surface area contributed by atoms with E-state index in [1.807, 2.05) is 54.6 Å². The van der Waals surface area contributed by atoms with Crippen LogP contribution in [0.25, 0.3) is 0 Å². The van der Waals surface area contributed by atoms with Gasteiger partial charge in [0.25, 0.3) is 0 Å². The average molecular weight is 377 g/mol. The third-order valence-electron chi connectivity index (χ3n) is 4.83. The van der Waals surface area contributed by atoms with E-state index in [1.165, 1.54) is 0 Å². The van der Waals surface area contributed by atoms with Crippen LogP contribution in [0.5, 0.6) is 0 Å². The number of hydrogen-bond donors (Lipinski definition) is 1. The molecule has 3 rings (SSSR count). The zero-order valence-electron chi connectivity index (χ0n) is 15.1. The van der Waals surface area contributed by atoms with E-state index < -0.39 is 18.1 Å². The lowest BCUT2D eigenvalue weighted by Gasteiger charge is -2.32. The zero-order valence-corrected chi connectivity index (χ0v) is 16.0. The standard InChI is InChI=1S/C19H25FN4OS/c1-13-22-16(12-26-13)10-24-9-15(20)8-17(24)11-23(2)18(19(21)25)14-6-4-3-5-7-14/h3-7,12,15,17-18H,8-11H2,1-2H3,(H2,21,25)/t15-,17-,18+/m0/s1. The number of aromatic nitrogens is 1. The van der Waals surface area contributed by atoms with E-state index >= 15 is 0 Å². The zero-order chi connectivity index (χ0) is 18.7. The number of carbonyl (C=O) groups excluding carboxylic acids is 1. The second kappa shape index (κ2) is 8.24. The minimum Gasteiger partial charge on any atom is -0.368 e. The van der Waals surface area contributed by atoms with Crippen LogP contribution < -0.4 is 5.73 Å². The number of aryl methyl sites for hydroxylation is 1. The molecule has 0 bridgehead atoms. The summed E-state index contributed by atoms with van der Waals surface area (Å²) in [6.07, 6.45) is -0.384. The van der Waals surface area contributed by atoms with Crippen LogP contribution in [0.4, 0.5) is 4.39 Å². The molecule has 0 radical (unpaired) electrons. The van der Waals surface area contributed by atoms with Gasteiger partial charge in [-0.25, -0.2) is 9.37 Å². The van der Waals surface area contributed by atoms with Gasteiger partial charge in [-0.05, 0) is 26.0 Å². The number of likely N-dealkylation sites (tertiary alicyclic amines) is 1. The molecule has 0 spiro atoms. The van der Waals surface area contributed by atoms with Gasteiger partial charge in [-0.1, -0.05) is 30.3 Å². The van der Waals surface area contributed by atoms with Gasteiger partial charge in [0.2, 0.25) is 5.91 Å². The number of benzene rings is 1. The summed E-state index contributed by atoms with van der Waals surface area (Å²) >= 11 is 1.61. The number of halogens is 1. The van der Waals surface area contributed by atoms with E-state index in [-0.39, 0.29) is 6.04 Å². The third kappa shape index (κ3) is 4.47. The van der Waals surface area contributed by atoms with Crippen molar-refractivity contribution in [2.75, 3.05) is 20.1 Å². The van der Waals surface area contributed by atoms with Crippen LogP contribution in [0.2, 0.25) is 0 Å². The lowest BCUT2D eigenvalue weighted by atomic mass is 10.0. The molecule has 1 fully saturated rings. The number of likely N-dealkylation sites (N-methyl/N-ethyl adjacent to an activating group) is 1. The molecule has 1 aromatic heterocycles. The highest BCUT2D eigenvalue weighted by Crippen LogP contribution is 2.26. The number of alkyl halides is 1. The van der Waals surface area contributed by atoms with E-state index in [4.69, 9.17) is 5.73 Å². The van der Waals surface area contributed by atoms with Crippen LogP contribution in [0, 0.1) is 6.92 Å². The first-order chi connectivity index (χ1) is 12.4. The van der Waals surface area contributed by atoms with Gasteiger partial charge in [0, 0.05) is 31.1 Å². The summed E-state index contributed by atoms with van der Waals surface area (Å²) < 4.78 is 14.1. The second-order valence-electron chi connectivity index (χ2n) is 6.93. The Labute approximate surface area is 157 Å². The van der Waals surface area contributed by atoms with Crippen molar-refractivity contribution in [2.45, 2.75) is 38.1 Å². The van der Waals surface area contributed by atoms with Crippen molar-refractivity contribution >= 4 is 17.2 Å². The van der Waals surface area contributed by atoms with Crippen molar-refractivity contribution in [1.82, 2.24) is 14.8 Å². The highest BCUT2D eigenvalue weighted by atomic mass is 32.1. The van der Waals surface area contributed by atoms with Crippen molar-refractivity contribution in [3.05, 3.63) is 52.0 Å². The fourth-order valence-electron chi connectivity index (χ4n) is 3.70. The molecule has 1 aliphatic rings. The van der Waals surface area contributed by atoms with E-state index in [2.05, 4.69) is 9.88 Å². The SMILES string of the molecule is Cc1nc(CN2C[C@@H](F)C[C@H]2CN(C)[C@@H](C(N)=O)c2ccccc2)cs1. The number of rotatable bonds is 7. The molecule has 1 aliphatic heterocycles.